The third-order valence-electron chi connectivity index (χ3n) is 5.58. The first kappa shape index (κ1) is 20.1. The van der Waals surface area contributed by atoms with Crippen LogP contribution in [0.4, 0.5) is 5.82 Å². The molecule has 0 spiro atoms. The molecule has 4 aromatic rings. The number of para-hydroxylation sites is 1. The van der Waals surface area contributed by atoms with E-state index in [9.17, 15) is 4.21 Å². The molecule has 1 atom stereocenters. The van der Waals surface area contributed by atoms with Crippen molar-refractivity contribution in [1.29, 1.82) is 0 Å². The lowest BCUT2D eigenvalue weighted by atomic mass is 10.1. The highest BCUT2D eigenvalue weighted by atomic mass is 32.2. The summed E-state index contributed by atoms with van der Waals surface area (Å²) in [5.41, 5.74) is 0.914. The number of benzene rings is 3. The molecule has 31 heavy (non-hydrogen) atoms. The fourth-order valence-electron chi connectivity index (χ4n) is 4.05. The van der Waals surface area contributed by atoms with E-state index in [0.717, 1.165) is 65.0 Å². The zero-order valence-electron chi connectivity index (χ0n) is 17.3. The van der Waals surface area contributed by atoms with E-state index in [0.29, 0.717) is 12.4 Å². The zero-order chi connectivity index (χ0) is 21.0. The van der Waals surface area contributed by atoms with Crippen molar-refractivity contribution in [3.63, 3.8) is 0 Å². The highest BCUT2D eigenvalue weighted by Gasteiger charge is 2.17. The van der Waals surface area contributed by atoms with Crippen LogP contribution in [0.2, 0.25) is 0 Å². The Bertz CT molecular complexity index is 1230. The van der Waals surface area contributed by atoms with Gasteiger partial charge in [0.05, 0.1) is 17.0 Å². The molecule has 1 aliphatic heterocycles. The Labute approximate surface area is 184 Å². The Morgan fingerprint density at radius 2 is 1.71 bits per heavy atom. The molecule has 0 amide bonds. The van der Waals surface area contributed by atoms with Crippen molar-refractivity contribution in [2.75, 3.05) is 31.1 Å². The molecular formula is C24H25N5OS. The average Bonchev–Trinajstić information content (AvgIpc) is 3.11. The van der Waals surface area contributed by atoms with Crippen LogP contribution in [-0.4, -0.2) is 40.4 Å². The second kappa shape index (κ2) is 9.09. The molecule has 1 aliphatic rings. The van der Waals surface area contributed by atoms with Crippen molar-refractivity contribution in [3.8, 4) is 0 Å². The van der Waals surface area contributed by atoms with Gasteiger partial charge >= 0.3 is 0 Å². The van der Waals surface area contributed by atoms with E-state index in [-0.39, 0.29) is 0 Å². The highest BCUT2D eigenvalue weighted by Crippen LogP contribution is 2.25. The van der Waals surface area contributed by atoms with Crippen LogP contribution in [-0.2, 0) is 17.5 Å². The van der Waals surface area contributed by atoms with E-state index >= 15 is 0 Å². The predicted molar refractivity (Wildman–Crippen MR) is 126 cm³/mol. The molecule has 0 bridgehead atoms. The van der Waals surface area contributed by atoms with E-state index in [1.807, 2.05) is 60.7 Å². The lowest BCUT2D eigenvalue weighted by molar-refractivity contribution is 0.669. The Kier molecular flexibility index (Phi) is 5.88. The minimum absolute atomic E-state index is 0.333. The predicted octanol–water partition coefficient (Wildman–Crippen LogP) is 3.40. The Morgan fingerprint density at radius 3 is 2.65 bits per heavy atom. The third kappa shape index (κ3) is 4.30. The summed E-state index contributed by atoms with van der Waals surface area (Å²) in [7, 11) is -1.36. The third-order valence-corrected chi connectivity index (χ3v) is 6.74. The number of nitrogens with one attached hydrogen (secondary N) is 2. The van der Waals surface area contributed by atoms with E-state index in [1.165, 1.54) is 0 Å². The maximum atomic E-state index is 13.1. The molecule has 2 N–H and O–H groups in total. The standard InChI is InChI=1S/C24H25N5OS/c30-31(22-12-5-8-18-7-1-2-9-19(18)22)26-17-23-27-21-11-4-3-10-20(21)24(28-23)29-15-6-13-25-14-16-29/h1-5,7-12,25-26H,6,13-17H2. The molecule has 2 heterocycles. The lowest BCUT2D eigenvalue weighted by Crippen LogP contribution is -2.29. The molecule has 3 aromatic carbocycles. The molecule has 1 aromatic heterocycles. The van der Waals surface area contributed by atoms with Crippen molar-refractivity contribution in [1.82, 2.24) is 20.0 Å². The van der Waals surface area contributed by atoms with Gasteiger partial charge in [0.2, 0.25) is 0 Å². The summed E-state index contributed by atoms with van der Waals surface area (Å²) in [5, 5.41) is 6.57. The van der Waals surface area contributed by atoms with Crippen LogP contribution in [0, 0.1) is 0 Å². The molecule has 5 rings (SSSR count). The fraction of sp³-hybridized carbons (Fsp3) is 0.250. The molecule has 1 fully saturated rings. The number of anilines is 1. The minimum atomic E-state index is -1.36. The van der Waals surface area contributed by atoms with E-state index < -0.39 is 11.0 Å². The lowest BCUT2D eigenvalue weighted by Gasteiger charge is -2.23. The Balaban J connectivity index is 1.43. The van der Waals surface area contributed by atoms with Crippen molar-refractivity contribution in [2.45, 2.75) is 17.9 Å². The van der Waals surface area contributed by atoms with E-state index in [1.54, 1.807) is 0 Å². The summed E-state index contributed by atoms with van der Waals surface area (Å²) in [6.07, 6.45) is 1.08. The monoisotopic (exact) mass is 431 g/mol. The van der Waals surface area contributed by atoms with Gasteiger partial charge in [-0.25, -0.2) is 18.9 Å². The summed E-state index contributed by atoms with van der Waals surface area (Å²) in [4.78, 5) is 12.7. The normalized spacial score (nSPS) is 15.8. The average molecular weight is 432 g/mol. The zero-order valence-corrected chi connectivity index (χ0v) is 18.1. The maximum absolute atomic E-state index is 13.1. The number of hydrogen-bond donors (Lipinski definition) is 2. The van der Waals surface area contributed by atoms with Gasteiger partial charge < -0.3 is 10.2 Å². The number of aromatic nitrogens is 2. The van der Waals surface area contributed by atoms with Crippen molar-refractivity contribution in [2.24, 2.45) is 0 Å². The van der Waals surface area contributed by atoms with Gasteiger partial charge in [0, 0.05) is 25.0 Å². The first-order valence-corrected chi connectivity index (χ1v) is 11.8. The molecule has 7 heteroatoms. The molecule has 0 radical (unpaired) electrons. The minimum Gasteiger partial charge on any atom is -0.355 e. The van der Waals surface area contributed by atoms with Gasteiger partial charge in [0.25, 0.3) is 0 Å². The number of hydrogen-bond acceptors (Lipinski definition) is 5. The van der Waals surface area contributed by atoms with Crippen molar-refractivity contribution in [3.05, 3.63) is 72.6 Å². The van der Waals surface area contributed by atoms with Gasteiger partial charge in [-0.1, -0.05) is 48.5 Å². The summed E-state index contributed by atoms with van der Waals surface area (Å²) < 4.78 is 16.2. The van der Waals surface area contributed by atoms with Gasteiger partial charge in [-0.05, 0) is 41.9 Å². The van der Waals surface area contributed by atoms with Crippen molar-refractivity contribution < 1.29 is 4.21 Å². The summed E-state index contributed by atoms with van der Waals surface area (Å²) >= 11 is 0. The molecule has 1 saturated heterocycles. The van der Waals surface area contributed by atoms with Gasteiger partial charge in [0.15, 0.2) is 0 Å². The van der Waals surface area contributed by atoms with Crippen LogP contribution in [0.3, 0.4) is 0 Å². The fourth-order valence-corrected chi connectivity index (χ4v) is 5.05. The Hall–Kier alpha value is -2.87. The van der Waals surface area contributed by atoms with Crippen LogP contribution in [0.15, 0.2) is 71.6 Å². The highest BCUT2D eigenvalue weighted by molar-refractivity contribution is 7.83. The molecule has 0 aliphatic carbocycles. The van der Waals surface area contributed by atoms with Crippen molar-refractivity contribution >= 4 is 38.5 Å². The smallest absolute Gasteiger partial charge is 0.146 e. The molecule has 6 nitrogen and oxygen atoms in total. The van der Waals surface area contributed by atoms with E-state index in [4.69, 9.17) is 9.97 Å². The molecular weight excluding hydrogens is 406 g/mol. The van der Waals surface area contributed by atoms with Crippen LogP contribution in [0.5, 0.6) is 0 Å². The SMILES string of the molecule is O=S(NCc1nc(N2CCCNCC2)c2ccccc2n1)c1cccc2ccccc12. The number of fused-ring (bicyclic) bond motifs is 2. The van der Waals surface area contributed by atoms with Crippen LogP contribution in [0.25, 0.3) is 21.7 Å². The largest absolute Gasteiger partial charge is 0.355 e. The number of rotatable bonds is 5. The molecule has 158 valence electrons. The first-order valence-electron chi connectivity index (χ1n) is 10.6. The quantitative estimate of drug-likeness (QED) is 0.507. The Morgan fingerprint density at radius 1 is 0.903 bits per heavy atom. The first-order chi connectivity index (χ1) is 15.3. The molecule has 1 unspecified atom stereocenters. The topological polar surface area (TPSA) is 70.2 Å². The van der Waals surface area contributed by atoms with Crippen LogP contribution < -0.4 is 14.9 Å². The van der Waals surface area contributed by atoms with Gasteiger partial charge in [-0.2, -0.15) is 0 Å². The van der Waals surface area contributed by atoms with Gasteiger partial charge in [-0.15, -0.1) is 0 Å². The second-order valence-electron chi connectivity index (χ2n) is 7.64. The number of nitrogens with zero attached hydrogens (tertiary/aromatic N) is 3. The summed E-state index contributed by atoms with van der Waals surface area (Å²) in [6, 6.07) is 22.0. The van der Waals surface area contributed by atoms with Gasteiger partial charge in [0.1, 0.15) is 22.6 Å². The maximum Gasteiger partial charge on any atom is 0.146 e. The van der Waals surface area contributed by atoms with Crippen LogP contribution in [0.1, 0.15) is 12.2 Å². The summed E-state index contributed by atoms with van der Waals surface area (Å²) in [5.74, 6) is 1.61. The summed E-state index contributed by atoms with van der Waals surface area (Å²) in [6.45, 7) is 4.17. The second-order valence-corrected chi connectivity index (χ2v) is 8.90. The molecule has 0 saturated carbocycles. The van der Waals surface area contributed by atoms with E-state index in [2.05, 4.69) is 21.0 Å². The van der Waals surface area contributed by atoms with Gasteiger partial charge in [-0.3, -0.25) is 0 Å². The van der Waals surface area contributed by atoms with Crippen LogP contribution >= 0.6 is 0 Å².